The van der Waals surface area contributed by atoms with Crippen molar-refractivity contribution in [3.05, 3.63) is 69.9 Å². The summed E-state index contributed by atoms with van der Waals surface area (Å²) in [7, 11) is 0. The third-order valence-corrected chi connectivity index (χ3v) is 4.08. The van der Waals surface area contributed by atoms with Crippen LogP contribution in [0.25, 0.3) is 0 Å². The first kappa shape index (κ1) is 17.6. The average Bonchev–Trinajstić information content (AvgIpc) is 2.52. The van der Waals surface area contributed by atoms with E-state index in [1.807, 2.05) is 31.2 Å². The molecular weight excluding hydrogens is 359 g/mol. The fourth-order valence-electron chi connectivity index (χ4n) is 2.42. The van der Waals surface area contributed by atoms with Gasteiger partial charge in [-0.25, -0.2) is 4.39 Å². The lowest BCUT2D eigenvalue weighted by Gasteiger charge is -2.22. The van der Waals surface area contributed by atoms with Gasteiger partial charge in [0.25, 0.3) is 0 Å². The Balaban J connectivity index is 2.34. The standard InChI is InChI=1S/C18H20BrFN2O/c1-2-5-16(21)18(23)22-17(12-6-3-8-14(19)10-12)13-7-4-9-15(20)11-13/h3-4,6-11,16-17H,2,5,21H2,1H3,(H,22,23). The zero-order valence-corrected chi connectivity index (χ0v) is 14.5. The van der Waals surface area contributed by atoms with Crippen molar-refractivity contribution in [2.24, 2.45) is 5.73 Å². The van der Waals surface area contributed by atoms with E-state index in [0.29, 0.717) is 12.0 Å². The Bertz CT molecular complexity index is 632. The van der Waals surface area contributed by atoms with Gasteiger partial charge in [-0.05, 0) is 41.8 Å². The molecule has 0 saturated heterocycles. The Morgan fingerprint density at radius 1 is 1.22 bits per heavy atom. The van der Waals surface area contributed by atoms with Crippen LogP contribution >= 0.6 is 15.9 Å². The molecule has 2 rings (SSSR count). The van der Waals surface area contributed by atoms with E-state index in [0.717, 1.165) is 16.5 Å². The Hall–Kier alpha value is -1.72. The maximum atomic E-state index is 13.6. The average molecular weight is 379 g/mol. The fraction of sp³-hybridized carbons (Fsp3) is 0.278. The van der Waals surface area contributed by atoms with Crippen LogP contribution in [0.5, 0.6) is 0 Å². The van der Waals surface area contributed by atoms with E-state index in [4.69, 9.17) is 5.73 Å². The molecule has 2 unspecified atom stereocenters. The first-order valence-corrected chi connectivity index (χ1v) is 8.37. The number of hydrogen-bond donors (Lipinski definition) is 2. The molecule has 2 atom stereocenters. The van der Waals surface area contributed by atoms with Gasteiger partial charge < -0.3 is 11.1 Å². The summed E-state index contributed by atoms with van der Waals surface area (Å²) < 4.78 is 14.5. The molecule has 1 amide bonds. The van der Waals surface area contributed by atoms with E-state index in [9.17, 15) is 9.18 Å². The predicted molar refractivity (Wildman–Crippen MR) is 93.4 cm³/mol. The predicted octanol–water partition coefficient (Wildman–Crippen LogP) is 3.92. The molecule has 0 aliphatic heterocycles. The number of nitrogens with two attached hydrogens (primary N) is 1. The van der Waals surface area contributed by atoms with Gasteiger partial charge in [-0.2, -0.15) is 0 Å². The van der Waals surface area contributed by atoms with Gasteiger partial charge in [-0.15, -0.1) is 0 Å². The monoisotopic (exact) mass is 378 g/mol. The van der Waals surface area contributed by atoms with Gasteiger partial charge >= 0.3 is 0 Å². The van der Waals surface area contributed by atoms with Crippen molar-refractivity contribution < 1.29 is 9.18 Å². The van der Waals surface area contributed by atoms with Crippen molar-refractivity contribution in [1.29, 1.82) is 0 Å². The molecule has 0 fully saturated rings. The van der Waals surface area contributed by atoms with Crippen LogP contribution < -0.4 is 11.1 Å². The number of amides is 1. The maximum Gasteiger partial charge on any atom is 0.237 e. The van der Waals surface area contributed by atoms with Crippen molar-refractivity contribution in [3.63, 3.8) is 0 Å². The number of carbonyl (C=O) groups excluding carboxylic acids is 1. The molecule has 0 aliphatic carbocycles. The molecule has 0 aliphatic rings. The van der Waals surface area contributed by atoms with E-state index >= 15 is 0 Å². The van der Waals surface area contributed by atoms with Gasteiger partial charge in [-0.1, -0.05) is 53.5 Å². The molecule has 0 spiro atoms. The smallest absolute Gasteiger partial charge is 0.237 e. The van der Waals surface area contributed by atoms with Gasteiger partial charge in [0.2, 0.25) is 5.91 Å². The van der Waals surface area contributed by atoms with Crippen LogP contribution in [-0.4, -0.2) is 11.9 Å². The van der Waals surface area contributed by atoms with Crippen LogP contribution in [0.15, 0.2) is 53.0 Å². The van der Waals surface area contributed by atoms with E-state index in [-0.39, 0.29) is 11.7 Å². The molecule has 122 valence electrons. The summed E-state index contributed by atoms with van der Waals surface area (Å²) in [5.74, 6) is -0.573. The third kappa shape index (κ3) is 4.88. The van der Waals surface area contributed by atoms with Crippen LogP contribution in [0.2, 0.25) is 0 Å². The molecule has 2 aromatic rings. The Kier molecular flexibility index (Phi) is 6.30. The lowest BCUT2D eigenvalue weighted by atomic mass is 9.98. The lowest BCUT2D eigenvalue weighted by molar-refractivity contribution is -0.123. The summed E-state index contributed by atoms with van der Waals surface area (Å²) in [5.41, 5.74) is 7.44. The Morgan fingerprint density at radius 3 is 2.48 bits per heavy atom. The molecule has 23 heavy (non-hydrogen) atoms. The van der Waals surface area contributed by atoms with Crippen molar-refractivity contribution in [1.82, 2.24) is 5.32 Å². The maximum absolute atomic E-state index is 13.6. The molecule has 0 saturated carbocycles. The summed E-state index contributed by atoms with van der Waals surface area (Å²) in [6.07, 6.45) is 1.44. The number of nitrogens with one attached hydrogen (secondary N) is 1. The minimum absolute atomic E-state index is 0.235. The minimum atomic E-state index is -0.566. The van der Waals surface area contributed by atoms with Crippen molar-refractivity contribution in [2.45, 2.75) is 31.8 Å². The van der Waals surface area contributed by atoms with Crippen LogP contribution in [0.4, 0.5) is 4.39 Å². The SMILES string of the molecule is CCCC(N)C(=O)NC(c1cccc(F)c1)c1cccc(Br)c1. The fourth-order valence-corrected chi connectivity index (χ4v) is 2.84. The minimum Gasteiger partial charge on any atom is -0.344 e. The molecule has 3 N–H and O–H groups in total. The van der Waals surface area contributed by atoms with Gasteiger partial charge in [0.05, 0.1) is 12.1 Å². The van der Waals surface area contributed by atoms with Gasteiger partial charge in [0, 0.05) is 4.47 Å². The van der Waals surface area contributed by atoms with Crippen LogP contribution in [0.1, 0.15) is 36.9 Å². The van der Waals surface area contributed by atoms with Crippen molar-refractivity contribution in [2.75, 3.05) is 0 Å². The van der Waals surface area contributed by atoms with Crippen molar-refractivity contribution in [3.8, 4) is 0 Å². The van der Waals surface area contributed by atoms with Crippen molar-refractivity contribution >= 4 is 21.8 Å². The molecule has 5 heteroatoms. The zero-order chi connectivity index (χ0) is 16.8. The summed E-state index contributed by atoms with van der Waals surface area (Å²) in [4.78, 5) is 12.3. The van der Waals surface area contributed by atoms with Gasteiger partial charge in [0.1, 0.15) is 5.82 Å². The molecule has 0 heterocycles. The first-order chi connectivity index (χ1) is 11.0. The normalized spacial score (nSPS) is 13.4. The summed E-state index contributed by atoms with van der Waals surface area (Å²) in [5, 5.41) is 2.94. The highest BCUT2D eigenvalue weighted by molar-refractivity contribution is 9.10. The molecule has 0 aromatic heterocycles. The Labute approximate surface area is 144 Å². The summed E-state index contributed by atoms with van der Waals surface area (Å²) in [6.45, 7) is 1.98. The highest BCUT2D eigenvalue weighted by Crippen LogP contribution is 2.25. The quantitative estimate of drug-likeness (QED) is 0.799. The first-order valence-electron chi connectivity index (χ1n) is 7.58. The van der Waals surface area contributed by atoms with E-state index in [1.165, 1.54) is 12.1 Å². The van der Waals surface area contributed by atoms with Crippen LogP contribution in [-0.2, 0) is 4.79 Å². The van der Waals surface area contributed by atoms with E-state index in [2.05, 4.69) is 21.2 Å². The number of carbonyl (C=O) groups is 1. The van der Waals surface area contributed by atoms with Crippen LogP contribution in [0, 0.1) is 5.82 Å². The third-order valence-electron chi connectivity index (χ3n) is 3.59. The second-order valence-corrected chi connectivity index (χ2v) is 6.36. The largest absolute Gasteiger partial charge is 0.344 e. The second-order valence-electron chi connectivity index (χ2n) is 5.45. The molecule has 0 radical (unpaired) electrons. The zero-order valence-electron chi connectivity index (χ0n) is 12.9. The van der Waals surface area contributed by atoms with E-state index < -0.39 is 12.1 Å². The highest BCUT2D eigenvalue weighted by atomic mass is 79.9. The van der Waals surface area contributed by atoms with E-state index in [1.54, 1.807) is 12.1 Å². The number of halogens is 2. The number of benzene rings is 2. The molecule has 2 aromatic carbocycles. The lowest BCUT2D eigenvalue weighted by Crippen LogP contribution is -2.42. The molecule has 0 bridgehead atoms. The topological polar surface area (TPSA) is 55.1 Å². The number of rotatable bonds is 6. The second kappa shape index (κ2) is 8.22. The summed E-state index contributed by atoms with van der Waals surface area (Å²) in [6, 6.07) is 12.8. The van der Waals surface area contributed by atoms with Crippen LogP contribution in [0.3, 0.4) is 0 Å². The van der Waals surface area contributed by atoms with Gasteiger partial charge in [-0.3, -0.25) is 4.79 Å². The Morgan fingerprint density at radius 2 is 1.87 bits per heavy atom. The van der Waals surface area contributed by atoms with Gasteiger partial charge in [0.15, 0.2) is 0 Å². The summed E-state index contributed by atoms with van der Waals surface area (Å²) >= 11 is 3.43. The number of hydrogen-bond acceptors (Lipinski definition) is 2. The highest BCUT2D eigenvalue weighted by Gasteiger charge is 2.21. The molecule has 3 nitrogen and oxygen atoms in total. The molecular formula is C18H20BrFN2O.